The first-order valence-electron chi connectivity index (χ1n) is 4.63. The molecule has 0 saturated carbocycles. The Morgan fingerprint density at radius 1 is 1.27 bits per heavy atom. The van der Waals surface area contributed by atoms with Crippen molar-refractivity contribution >= 4 is 28.4 Å². The lowest BCUT2D eigenvalue weighted by atomic mass is 10.1. The lowest BCUT2D eigenvalue weighted by Gasteiger charge is -2.04. The van der Waals surface area contributed by atoms with Gasteiger partial charge in [-0.25, -0.2) is 0 Å². The molecule has 0 aliphatic rings. The van der Waals surface area contributed by atoms with Gasteiger partial charge in [0.25, 0.3) is 0 Å². The normalized spacial score (nSPS) is 10.3. The molecule has 3 heteroatoms. The first-order chi connectivity index (χ1) is 7.20. The Labute approximate surface area is 102 Å². The Kier molecular flexibility index (Phi) is 2.90. The van der Waals surface area contributed by atoms with E-state index in [2.05, 4.69) is 27.6 Å². The van der Waals surface area contributed by atoms with Gasteiger partial charge in [0.05, 0.1) is 5.69 Å². The highest BCUT2D eigenvalue weighted by molar-refractivity contribution is 14.1. The highest BCUT2D eigenvalue weighted by Gasteiger charge is 2.13. The van der Waals surface area contributed by atoms with Gasteiger partial charge in [0.1, 0.15) is 0 Å². The van der Waals surface area contributed by atoms with Gasteiger partial charge in [-0.1, -0.05) is 12.1 Å². The Hall–Kier alpha value is -1.10. The molecular weight excluding hydrogens is 301 g/mol. The Morgan fingerprint density at radius 2 is 2.07 bits per heavy atom. The molecule has 1 heterocycles. The number of rotatable bonds is 2. The molecule has 0 bridgehead atoms. The average Bonchev–Trinajstić information content (AvgIpc) is 2.74. The third-order valence-corrected chi connectivity index (χ3v) is 3.71. The van der Waals surface area contributed by atoms with E-state index >= 15 is 0 Å². The average molecular weight is 311 g/mol. The van der Waals surface area contributed by atoms with Crippen LogP contribution in [0.15, 0.2) is 36.5 Å². The topological polar surface area (TPSA) is 32.9 Å². The summed E-state index contributed by atoms with van der Waals surface area (Å²) in [6.07, 6.45) is 1.76. The van der Waals surface area contributed by atoms with Crippen molar-refractivity contribution in [2.75, 3.05) is 0 Å². The van der Waals surface area contributed by atoms with Crippen molar-refractivity contribution in [3.05, 3.63) is 56.9 Å². The van der Waals surface area contributed by atoms with Gasteiger partial charge < -0.3 is 4.98 Å². The quantitative estimate of drug-likeness (QED) is 0.671. The van der Waals surface area contributed by atoms with Crippen molar-refractivity contribution in [1.29, 1.82) is 0 Å². The fourth-order valence-corrected chi connectivity index (χ4v) is 2.04. The van der Waals surface area contributed by atoms with E-state index in [9.17, 15) is 4.79 Å². The molecule has 1 aromatic heterocycles. The van der Waals surface area contributed by atoms with Gasteiger partial charge in [0.15, 0.2) is 0 Å². The summed E-state index contributed by atoms with van der Waals surface area (Å²) in [6, 6.07) is 9.40. The summed E-state index contributed by atoms with van der Waals surface area (Å²) < 4.78 is 1.02. The molecule has 1 N–H and O–H groups in total. The zero-order valence-electron chi connectivity index (χ0n) is 8.25. The molecule has 0 aliphatic carbocycles. The Morgan fingerprint density at radius 3 is 2.73 bits per heavy atom. The van der Waals surface area contributed by atoms with Gasteiger partial charge >= 0.3 is 0 Å². The van der Waals surface area contributed by atoms with E-state index in [1.807, 2.05) is 31.2 Å². The van der Waals surface area contributed by atoms with E-state index in [4.69, 9.17) is 0 Å². The van der Waals surface area contributed by atoms with Gasteiger partial charge in [-0.05, 0) is 53.3 Å². The summed E-state index contributed by atoms with van der Waals surface area (Å²) in [5, 5.41) is 0. The number of aryl methyl sites for hydroxylation is 1. The largest absolute Gasteiger partial charge is 0.359 e. The molecule has 15 heavy (non-hydrogen) atoms. The van der Waals surface area contributed by atoms with E-state index in [-0.39, 0.29) is 5.78 Å². The van der Waals surface area contributed by atoms with Crippen LogP contribution in [0.5, 0.6) is 0 Å². The number of H-pyrrole nitrogens is 1. The minimum atomic E-state index is 0.0492. The molecule has 2 aromatic rings. The second-order valence-electron chi connectivity index (χ2n) is 3.35. The fraction of sp³-hybridized carbons (Fsp3) is 0.0833. The standard InChI is InChI=1S/C12H10INO/c1-8-4-2-5-9(11(8)13)12(15)10-6-3-7-14-10/h2-7,14H,1H3. The first-order valence-corrected chi connectivity index (χ1v) is 5.71. The van der Waals surface area contributed by atoms with Crippen molar-refractivity contribution < 1.29 is 4.79 Å². The van der Waals surface area contributed by atoms with Crippen LogP contribution in [0.3, 0.4) is 0 Å². The maximum absolute atomic E-state index is 12.0. The molecule has 2 nitrogen and oxygen atoms in total. The fourth-order valence-electron chi connectivity index (χ4n) is 1.44. The van der Waals surface area contributed by atoms with Crippen LogP contribution in [0.25, 0.3) is 0 Å². The van der Waals surface area contributed by atoms with Gasteiger partial charge in [-0.3, -0.25) is 4.79 Å². The van der Waals surface area contributed by atoms with Crippen LogP contribution in [0, 0.1) is 10.5 Å². The lowest BCUT2D eigenvalue weighted by molar-refractivity contribution is 0.103. The lowest BCUT2D eigenvalue weighted by Crippen LogP contribution is -2.04. The second kappa shape index (κ2) is 4.18. The molecule has 0 atom stereocenters. The highest BCUT2D eigenvalue weighted by Crippen LogP contribution is 2.19. The number of nitrogens with one attached hydrogen (secondary N) is 1. The maximum Gasteiger partial charge on any atom is 0.210 e. The molecule has 0 unspecified atom stereocenters. The van der Waals surface area contributed by atoms with Gasteiger partial charge in [-0.2, -0.15) is 0 Å². The molecule has 76 valence electrons. The van der Waals surface area contributed by atoms with E-state index in [1.54, 1.807) is 12.3 Å². The molecule has 2 rings (SSSR count). The van der Waals surface area contributed by atoms with Crippen molar-refractivity contribution in [1.82, 2.24) is 4.98 Å². The zero-order valence-corrected chi connectivity index (χ0v) is 10.4. The number of halogens is 1. The number of carbonyl (C=O) groups excluding carboxylic acids is 1. The minimum Gasteiger partial charge on any atom is -0.359 e. The SMILES string of the molecule is Cc1cccc(C(=O)c2ccc[nH]2)c1I. The number of carbonyl (C=O) groups is 1. The molecular formula is C12H10INO. The van der Waals surface area contributed by atoms with Crippen LogP contribution >= 0.6 is 22.6 Å². The van der Waals surface area contributed by atoms with Crippen LogP contribution in [0.4, 0.5) is 0 Å². The van der Waals surface area contributed by atoms with Crippen LogP contribution in [0.2, 0.25) is 0 Å². The van der Waals surface area contributed by atoms with E-state index < -0.39 is 0 Å². The molecule has 0 spiro atoms. The number of aromatic nitrogens is 1. The molecule has 0 saturated heterocycles. The van der Waals surface area contributed by atoms with Crippen molar-refractivity contribution in [2.24, 2.45) is 0 Å². The maximum atomic E-state index is 12.0. The van der Waals surface area contributed by atoms with Gasteiger partial charge in [0.2, 0.25) is 5.78 Å². The molecule has 0 fully saturated rings. The van der Waals surface area contributed by atoms with E-state index in [0.29, 0.717) is 5.69 Å². The zero-order chi connectivity index (χ0) is 10.8. The van der Waals surface area contributed by atoms with Crippen molar-refractivity contribution in [2.45, 2.75) is 6.92 Å². The first kappa shape index (κ1) is 10.4. The third kappa shape index (κ3) is 1.97. The monoisotopic (exact) mass is 311 g/mol. The summed E-state index contributed by atoms with van der Waals surface area (Å²) in [5.41, 5.74) is 2.53. The summed E-state index contributed by atoms with van der Waals surface area (Å²) in [5.74, 6) is 0.0492. The van der Waals surface area contributed by atoms with Gasteiger partial charge in [0, 0.05) is 15.3 Å². The number of hydrogen-bond donors (Lipinski definition) is 1. The summed E-state index contributed by atoms with van der Waals surface area (Å²) >= 11 is 2.21. The number of hydrogen-bond acceptors (Lipinski definition) is 1. The molecule has 0 radical (unpaired) electrons. The van der Waals surface area contributed by atoms with Crippen LogP contribution in [-0.2, 0) is 0 Å². The van der Waals surface area contributed by atoms with E-state index in [0.717, 1.165) is 14.7 Å². The number of ketones is 1. The third-order valence-electron chi connectivity index (χ3n) is 2.28. The molecule has 0 amide bonds. The molecule has 0 aliphatic heterocycles. The smallest absolute Gasteiger partial charge is 0.210 e. The van der Waals surface area contributed by atoms with Gasteiger partial charge in [-0.15, -0.1) is 0 Å². The summed E-state index contributed by atoms with van der Waals surface area (Å²) in [4.78, 5) is 15.0. The Bertz CT molecular complexity index is 488. The van der Waals surface area contributed by atoms with Crippen LogP contribution < -0.4 is 0 Å². The minimum absolute atomic E-state index is 0.0492. The Balaban J connectivity index is 2.47. The van der Waals surface area contributed by atoms with E-state index in [1.165, 1.54) is 0 Å². The summed E-state index contributed by atoms with van der Waals surface area (Å²) in [6.45, 7) is 2.01. The number of aromatic amines is 1. The van der Waals surface area contributed by atoms with Crippen molar-refractivity contribution in [3.63, 3.8) is 0 Å². The highest BCUT2D eigenvalue weighted by atomic mass is 127. The van der Waals surface area contributed by atoms with Crippen LogP contribution in [0.1, 0.15) is 21.6 Å². The predicted octanol–water partition coefficient (Wildman–Crippen LogP) is 3.16. The predicted molar refractivity (Wildman–Crippen MR) is 68.1 cm³/mol. The summed E-state index contributed by atoms with van der Waals surface area (Å²) in [7, 11) is 0. The number of benzene rings is 1. The second-order valence-corrected chi connectivity index (χ2v) is 4.43. The molecule has 1 aromatic carbocycles. The van der Waals surface area contributed by atoms with Crippen molar-refractivity contribution in [3.8, 4) is 0 Å². The van der Waals surface area contributed by atoms with Crippen LogP contribution in [-0.4, -0.2) is 10.8 Å².